The first-order valence-corrected chi connectivity index (χ1v) is 11.7. The van der Waals surface area contributed by atoms with Gasteiger partial charge in [0.1, 0.15) is 0 Å². The number of amides is 1. The zero-order valence-corrected chi connectivity index (χ0v) is 18.9. The number of anilines is 1. The van der Waals surface area contributed by atoms with Gasteiger partial charge in [0, 0.05) is 0 Å². The molecule has 3 rings (SSSR count). The molecule has 1 heterocycles. The predicted molar refractivity (Wildman–Crippen MR) is 122 cm³/mol. The SMILES string of the molecule is COc1cc(/C=C2\SC(=N)N(c3ccc(S(N)(=O)=O)cc3)C2=O)ccc1OCC(C)C. The smallest absolute Gasteiger partial charge is 0.271 e. The molecule has 0 bridgehead atoms. The van der Waals surface area contributed by atoms with Gasteiger partial charge in [-0.25, -0.2) is 13.6 Å². The fourth-order valence-corrected chi connectivity index (χ4v) is 4.18. The number of nitrogens with zero attached hydrogens (tertiary/aromatic N) is 1. The van der Waals surface area contributed by atoms with E-state index in [0.29, 0.717) is 34.6 Å². The number of sulfonamides is 1. The van der Waals surface area contributed by atoms with E-state index in [1.807, 2.05) is 6.07 Å². The Hall–Kier alpha value is -2.82. The minimum atomic E-state index is -3.84. The van der Waals surface area contributed by atoms with Gasteiger partial charge in [-0.2, -0.15) is 0 Å². The molecule has 2 aromatic carbocycles. The van der Waals surface area contributed by atoms with Gasteiger partial charge >= 0.3 is 0 Å². The van der Waals surface area contributed by atoms with Crippen LogP contribution in [0.25, 0.3) is 6.08 Å². The Bertz CT molecular complexity index is 1140. The van der Waals surface area contributed by atoms with Crippen LogP contribution in [0.3, 0.4) is 0 Å². The third-order valence-corrected chi connectivity index (χ3v) is 6.12. The van der Waals surface area contributed by atoms with Crippen molar-refractivity contribution in [2.24, 2.45) is 11.1 Å². The quantitative estimate of drug-likeness (QED) is 0.609. The lowest BCUT2D eigenvalue weighted by atomic mass is 10.1. The van der Waals surface area contributed by atoms with Crippen LogP contribution in [0.15, 0.2) is 52.3 Å². The van der Waals surface area contributed by atoms with Gasteiger partial charge in [0.15, 0.2) is 16.7 Å². The molecule has 0 spiro atoms. The number of carbonyl (C=O) groups is 1. The molecule has 10 heteroatoms. The molecule has 1 fully saturated rings. The molecule has 1 amide bonds. The first-order chi connectivity index (χ1) is 14.6. The van der Waals surface area contributed by atoms with Crippen molar-refractivity contribution < 1.29 is 22.7 Å². The van der Waals surface area contributed by atoms with Crippen molar-refractivity contribution in [3.63, 3.8) is 0 Å². The topological polar surface area (TPSA) is 123 Å². The molecule has 1 aliphatic rings. The number of nitrogens with two attached hydrogens (primary N) is 1. The number of rotatable bonds is 7. The van der Waals surface area contributed by atoms with Crippen molar-refractivity contribution in [3.8, 4) is 11.5 Å². The Kier molecular flexibility index (Phi) is 6.73. The second-order valence-corrected chi connectivity index (χ2v) is 9.80. The van der Waals surface area contributed by atoms with E-state index in [1.165, 1.54) is 29.2 Å². The van der Waals surface area contributed by atoms with E-state index < -0.39 is 10.0 Å². The Morgan fingerprint density at radius 3 is 2.42 bits per heavy atom. The highest BCUT2D eigenvalue weighted by atomic mass is 32.2. The Labute approximate surface area is 185 Å². The fraction of sp³-hybridized carbons (Fsp3) is 0.238. The second-order valence-electron chi connectivity index (χ2n) is 7.21. The molecule has 31 heavy (non-hydrogen) atoms. The minimum absolute atomic E-state index is 0.0171. The van der Waals surface area contributed by atoms with Gasteiger partial charge in [-0.3, -0.25) is 15.1 Å². The number of nitrogens with one attached hydrogen (secondary N) is 1. The normalized spacial score (nSPS) is 15.8. The number of carbonyl (C=O) groups excluding carboxylic acids is 1. The van der Waals surface area contributed by atoms with Gasteiger partial charge in [0.25, 0.3) is 5.91 Å². The van der Waals surface area contributed by atoms with E-state index in [1.54, 1.807) is 25.3 Å². The Balaban J connectivity index is 1.84. The molecule has 1 aliphatic heterocycles. The first-order valence-electron chi connectivity index (χ1n) is 9.36. The van der Waals surface area contributed by atoms with E-state index in [2.05, 4.69) is 13.8 Å². The highest BCUT2D eigenvalue weighted by Gasteiger charge is 2.33. The number of ether oxygens (including phenoxy) is 2. The summed E-state index contributed by atoms with van der Waals surface area (Å²) in [5.74, 6) is 1.16. The first kappa shape index (κ1) is 22.9. The summed E-state index contributed by atoms with van der Waals surface area (Å²) in [6.45, 7) is 4.66. The molecular formula is C21H23N3O5S2. The lowest BCUT2D eigenvalue weighted by Crippen LogP contribution is -2.28. The number of hydrogen-bond acceptors (Lipinski definition) is 7. The van der Waals surface area contributed by atoms with E-state index in [4.69, 9.17) is 20.0 Å². The van der Waals surface area contributed by atoms with Crippen LogP contribution in [0.5, 0.6) is 11.5 Å². The molecule has 0 aromatic heterocycles. The van der Waals surface area contributed by atoms with Gasteiger partial charge < -0.3 is 9.47 Å². The largest absolute Gasteiger partial charge is 0.493 e. The van der Waals surface area contributed by atoms with Crippen molar-refractivity contribution in [1.29, 1.82) is 5.41 Å². The van der Waals surface area contributed by atoms with Crippen molar-refractivity contribution in [2.45, 2.75) is 18.7 Å². The molecule has 164 valence electrons. The summed E-state index contributed by atoms with van der Waals surface area (Å²) in [6, 6.07) is 10.9. The number of methoxy groups -OCH3 is 1. The predicted octanol–water partition coefficient (Wildman–Crippen LogP) is 3.43. The Morgan fingerprint density at radius 1 is 1.16 bits per heavy atom. The summed E-state index contributed by atoms with van der Waals surface area (Å²) in [6.07, 6.45) is 1.68. The summed E-state index contributed by atoms with van der Waals surface area (Å²) >= 11 is 1.02. The van der Waals surface area contributed by atoms with Crippen molar-refractivity contribution >= 4 is 44.6 Å². The third kappa shape index (κ3) is 5.27. The van der Waals surface area contributed by atoms with Gasteiger partial charge in [-0.15, -0.1) is 0 Å². The molecule has 0 unspecified atom stereocenters. The summed E-state index contributed by atoms with van der Waals surface area (Å²) in [7, 11) is -2.29. The van der Waals surface area contributed by atoms with Crippen LogP contribution >= 0.6 is 11.8 Å². The van der Waals surface area contributed by atoms with Gasteiger partial charge in [0.05, 0.1) is 29.2 Å². The lowest BCUT2D eigenvalue weighted by Gasteiger charge is -2.14. The molecular weight excluding hydrogens is 438 g/mol. The van der Waals surface area contributed by atoms with Crippen LogP contribution in [0.2, 0.25) is 0 Å². The molecule has 2 aromatic rings. The maximum atomic E-state index is 12.9. The molecule has 0 aliphatic carbocycles. The molecule has 0 saturated carbocycles. The van der Waals surface area contributed by atoms with Crippen molar-refractivity contribution in [1.82, 2.24) is 0 Å². The molecule has 8 nitrogen and oxygen atoms in total. The summed E-state index contributed by atoms with van der Waals surface area (Å²) in [4.78, 5) is 14.4. The van der Waals surface area contributed by atoms with Crippen LogP contribution in [0, 0.1) is 11.3 Å². The zero-order valence-electron chi connectivity index (χ0n) is 17.3. The average molecular weight is 462 g/mol. The van der Waals surface area contributed by atoms with Gasteiger partial charge in [0.2, 0.25) is 10.0 Å². The summed E-state index contributed by atoms with van der Waals surface area (Å²) in [5.41, 5.74) is 1.11. The number of hydrogen-bond donors (Lipinski definition) is 2. The zero-order chi connectivity index (χ0) is 22.8. The molecule has 0 atom stereocenters. The Morgan fingerprint density at radius 2 is 1.84 bits per heavy atom. The van der Waals surface area contributed by atoms with Crippen LogP contribution in [-0.4, -0.2) is 33.2 Å². The monoisotopic (exact) mass is 461 g/mol. The number of benzene rings is 2. The van der Waals surface area contributed by atoms with Crippen LogP contribution < -0.4 is 19.5 Å². The average Bonchev–Trinajstić information content (AvgIpc) is 2.99. The maximum absolute atomic E-state index is 12.9. The number of primary sulfonamides is 1. The number of amidine groups is 1. The fourth-order valence-electron chi connectivity index (χ4n) is 2.81. The highest BCUT2D eigenvalue weighted by molar-refractivity contribution is 8.19. The van der Waals surface area contributed by atoms with E-state index in [9.17, 15) is 13.2 Å². The maximum Gasteiger partial charge on any atom is 0.271 e. The third-order valence-electron chi connectivity index (χ3n) is 4.30. The van der Waals surface area contributed by atoms with E-state index in [0.717, 1.165) is 17.3 Å². The van der Waals surface area contributed by atoms with E-state index in [-0.39, 0.29) is 16.0 Å². The van der Waals surface area contributed by atoms with Crippen LogP contribution in [0.1, 0.15) is 19.4 Å². The lowest BCUT2D eigenvalue weighted by molar-refractivity contribution is -0.113. The standard InChI is InChI=1S/C21H23N3O5S2/c1-13(2)12-29-17-9-4-14(10-18(17)28-3)11-19-20(25)24(21(22)30-19)15-5-7-16(8-6-15)31(23,26)27/h4-11,13,22H,12H2,1-3H3,(H2,23,26,27)/b19-11-,22-21?. The van der Waals surface area contributed by atoms with Crippen molar-refractivity contribution in [2.75, 3.05) is 18.6 Å². The molecule has 3 N–H and O–H groups in total. The molecule has 1 saturated heterocycles. The van der Waals surface area contributed by atoms with Crippen LogP contribution in [0.4, 0.5) is 5.69 Å². The van der Waals surface area contributed by atoms with E-state index >= 15 is 0 Å². The van der Waals surface area contributed by atoms with Crippen LogP contribution in [-0.2, 0) is 14.8 Å². The van der Waals surface area contributed by atoms with Gasteiger partial charge in [-0.1, -0.05) is 19.9 Å². The molecule has 0 radical (unpaired) electrons. The van der Waals surface area contributed by atoms with Gasteiger partial charge in [-0.05, 0) is 65.7 Å². The highest BCUT2D eigenvalue weighted by Crippen LogP contribution is 2.36. The minimum Gasteiger partial charge on any atom is -0.493 e. The summed E-state index contributed by atoms with van der Waals surface area (Å²) < 4.78 is 34.0. The summed E-state index contributed by atoms with van der Waals surface area (Å²) in [5, 5.41) is 13.3. The van der Waals surface area contributed by atoms with Crippen molar-refractivity contribution in [3.05, 3.63) is 52.9 Å². The number of thioether (sulfide) groups is 1. The second kappa shape index (κ2) is 9.13.